The highest BCUT2D eigenvalue weighted by Crippen LogP contribution is 2.16. The second-order valence-electron chi connectivity index (χ2n) is 6.76. The molecule has 0 fully saturated rings. The van der Waals surface area contributed by atoms with Gasteiger partial charge in [-0.15, -0.1) is 0 Å². The van der Waals surface area contributed by atoms with Crippen LogP contribution >= 0.6 is 0 Å². The molecule has 0 atom stereocenters. The molecule has 3 heteroatoms. The van der Waals surface area contributed by atoms with Gasteiger partial charge in [-0.2, -0.15) is 0 Å². The molecule has 1 aromatic rings. The number of carbonyl (C=O) groups excluding carboxylic acids is 1. The fraction of sp³-hybridized carbons (Fsp3) is 0.619. The van der Waals surface area contributed by atoms with Crippen molar-refractivity contribution < 1.29 is 9.21 Å². The lowest BCUT2D eigenvalue weighted by Gasteiger charge is -2.08. The zero-order valence-electron chi connectivity index (χ0n) is 16.0. The lowest BCUT2D eigenvalue weighted by molar-refractivity contribution is 0.0981. The van der Waals surface area contributed by atoms with Crippen LogP contribution in [0.1, 0.15) is 93.2 Å². The van der Waals surface area contributed by atoms with Crippen molar-refractivity contribution in [2.75, 3.05) is 0 Å². The van der Waals surface area contributed by atoms with Gasteiger partial charge in [0.05, 0.1) is 0 Å². The van der Waals surface area contributed by atoms with Gasteiger partial charge in [0.25, 0.3) is 0 Å². The summed E-state index contributed by atoms with van der Waals surface area (Å²) in [5.41, 5.74) is 2.26. The van der Waals surface area contributed by atoms with Crippen LogP contribution in [0.15, 0.2) is 20.9 Å². The van der Waals surface area contributed by atoms with Crippen LogP contribution in [-0.2, 0) is 6.42 Å². The quantitative estimate of drug-likeness (QED) is 0.314. The summed E-state index contributed by atoms with van der Waals surface area (Å²) in [6.45, 7) is 9.22. The molecule has 1 rings (SSSR count). The van der Waals surface area contributed by atoms with Crippen molar-refractivity contribution >= 4 is 5.78 Å². The number of hydrogen-bond donors (Lipinski definition) is 0. The van der Waals surface area contributed by atoms with Crippen LogP contribution in [0.2, 0.25) is 0 Å². The van der Waals surface area contributed by atoms with Crippen molar-refractivity contribution in [1.82, 2.24) is 0 Å². The molecule has 0 radical (unpaired) electrons. The number of allylic oxidation sites excluding steroid dienone is 2. The van der Waals surface area contributed by atoms with Crippen LogP contribution in [-0.4, -0.2) is 5.78 Å². The van der Waals surface area contributed by atoms with Crippen molar-refractivity contribution in [1.29, 1.82) is 0 Å². The van der Waals surface area contributed by atoms with Gasteiger partial charge in [0.2, 0.25) is 0 Å². The van der Waals surface area contributed by atoms with Crippen LogP contribution in [0.25, 0.3) is 0 Å². The Bertz CT molecular complexity index is 635. The molecule has 0 saturated heterocycles. The Hall–Kier alpha value is -1.64. The van der Waals surface area contributed by atoms with Gasteiger partial charge < -0.3 is 4.42 Å². The van der Waals surface area contributed by atoms with Crippen LogP contribution < -0.4 is 5.43 Å². The van der Waals surface area contributed by atoms with Gasteiger partial charge in [-0.3, -0.25) is 9.59 Å². The maximum atomic E-state index is 12.2. The smallest absolute Gasteiger partial charge is 0.195 e. The van der Waals surface area contributed by atoms with Crippen molar-refractivity contribution in [3.8, 4) is 0 Å². The average Bonchev–Trinajstić information content (AvgIpc) is 2.55. The molecule has 0 bridgehead atoms. The molecule has 0 aliphatic rings. The summed E-state index contributed by atoms with van der Waals surface area (Å²) in [5.74, 6) is 0.610. The minimum absolute atomic E-state index is 0.0802. The van der Waals surface area contributed by atoms with Crippen LogP contribution in [0.3, 0.4) is 0 Å². The first-order valence-electron chi connectivity index (χ1n) is 9.18. The first-order chi connectivity index (χ1) is 11.4. The molecule has 0 aliphatic carbocycles. The molecule has 3 nitrogen and oxygen atoms in total. The zero-order valence-corrected chi connectivity index (χ0v) is 16.0. The Morgan fingerprint density at radius 2 is 1.62 bits per heavy atom. The van der Waals surface area contributed by atoms with Gasteiger partial charge in [-0.25, -0.2) is 0 Å². The van der Waals surface area contributed by atoms with Crippen LogP contribution in [0, 0.1) is 13.8 Å². The fourth-order valence-electron chi connectivity index (χ4n) is 2.87. The summed E-state index contributed by atoms with van der Waals surface area (Å²) in [7, 11) is 0. The standard InChI is InChI=1S/C21H32O3/c1-6-7-8-9-10-11-12-15(2)13-14-19-16(3)20(23)17(4)21(24-19)18(5)22/h13H,6-12,14H2,1-5H3. The van der Waals surface area contributed by atoms with E-state index in [0.29, 0.717) is 23.3 Å². The lowest BCUT2D eigenvalue weighted by Crippen LogP contribution is -2.16. The van der Waals surface area contributed by atoms with Gasteiger partial charge in [0.15, 0.2) is 17.0 Å². The molecule has 0 amide bonds. The third kappa shape index (κ3) is 6.10. The highest BCUT2D eigenvalue weighted by Gasteiger charge is 2.15. The van der Waals surface area contributed by atoms with E-state index in [0.717, 1.165) is 6.42 Å². The average molecular weight is 332 g/mol. The lowest BCUT2D eigenvalue weighted by atomic mass is 10.0. The van der Waals surface area contributed by atoms with Crippen LogP contribution in [0.4, 0.5) is 0 Å². The normalized spacial score (nSPS) is 11.8. The number of rotatable bonds is 10. The second kappa shape index (κ2) is 10.3. The molecule has 0 spiro atoms. The summed E-state index contributed by atoms with van der Waals surface area (Å²) in [5, 5.41) is 0. The van der Waals surface area contributed by atoms with E-state index in [9.17, 15) is 9.59 Å². The molecule has 1 heterocycles. The van der Waals surface area contributed by atoms with E-state index in [4.69, 9.17) is 4.42 Å². The molecular formula is C21H32O3. The zero-order chi connectivity index (χ0) is 18.1. The van der Waals surface area contributed by atoms with E-state index in [1.165, 1.54) is 51.0 Å². The third-order valence-electron chi connectivity index (χ3n) is 4.55. The Morgan fingerprint density at radius 1 is 1.00 bits per heavy atom. The maximum absolute atomic E-state index is 12.2. The molecule has 0 aromatic carbocycles. The topological polar surface area (TPSA) is 47.3 Å². The molecule has 0 unspecified atom stereocenters. The summed E-state index contributed by atoms with van der Waals surface area (Å²) >= 11 is 0. The molecule has 0 aliphatic heterocycles. The molecule has 134 valence electrons. The Balaban J connectivity index is 2.66. The van der Waals surface area contributed by atoms with E-state index >= 15 is 0 Å². The Kier molecular flexibility index (Phi) is 8.73. The number of carbonyl (C=O) groups is 1. The van der Waals surface area contributed by atoms with E-state index in [1.807, 2.05) is 0 Å². The molecule has 0 N–H and O–H groups in total. The van der Waals surface area contributed by atoms with Gasteiger partial charge in [0, 0.05) is 24.5 Å². The van der Waals surface area contributed by atoms with Gasteiger partial charge in [-0.05, 0) is 33.6 Å². The number of hydrogen-bond acceptors (Lipinski definition) is 3. The number of Topliss-reactive ketones (excluding diaryl/α,β-unsaturated/α-hetero) is 1. The van der Waals surface area contributed by atoms with Crippen LogP contribution in [0.5, 0.6) is 0 Å². The molecule has 1 aromatic heterocycles. The van der Waals surface area contributed by atoms with Crippen molar-refractivity contribution in [3.05, 3.63) is 44.5 Å². The maximum Gasteiger partial charge on any atom is 0.195 e. The largest absolute Gasteiger partial charge is 0.457 e. The predicted octanol–water partition coefficient (Wildman–Crippen LogP) is 5.70. The number of ketones is 1. The highest BCUT2D eigenvalue weighted by molar-refractivity contribution is 5.92. The minimum Gasteiger partial charge on any atom is -0.457 e. The second-order valence-corrected chi connectivity index (χ2v) is 6.76. The van der Waals surface area contributed by atoms with Crippen molar-refractivity contribution in [3.63, 3.8) is 0 Å². The first kappa shape index (κ1) is 20.4. The molecule has 24 heavy (non-hydrogen) atoms. The van der Waals surface area contributed by atoms with E-state index in [-0.39, 0.29) is 17.0 Å². The van der Waals surface area contributed by atoms with Gasteiger partial charge in [-0.1, -0.05) is 50.7 Å². The van der Waals surface area contributed by atoms with E-state index in [1.54, 1.807) is 13.8 Å². The van der Waals surface area contributed by atoms with Gasteiger partial charge >= 0.3 is 0 Å². The SMILES string of the molecule is CCCCCCCCC(C)=CCc1oc(C(C)=O)c(C)c(=O)c1C. The predicted molar refractivity (Wildman–Crippen MR) is 99.9 cm³/mol. The summed E-state index contributed by atoms with van der Waals surface area (Å²) < 4.78 is 5.71. The highest BCUT2D eigenvalue weighted by atomic mass is 16.3. The van der Waals surface area contributed by atoms with Gasteiger partial charge in [0.1, 0.15) is 5.76 Å². The molecular weight excluding hydrogens is 300 g/mol. The summed E-state index contributed by atoms with van der Waals surface area (Å²) in [6, 6.07) is 0. The van der Waals surface area contributed by atoms with Crippen molar-refractivity contribution in [2.24, 2.45) is 0 Å². The van der Waals surface area contributed by atoms with Crippen molar-refractivity contribution in [2.45, 2.75) is 86.0 Å². The molecule has 0 saturated carbocycles. The Labute approximate surface area is 146 Å². The number of unbranched alkanes of at least 4 members (excludes halogenated alkanes) is 5. The Morgan fingerprint density at radius 3 is 2.25 bits per heavy atom. The monoisotopic (exact) mass is 332 g/mol. The summed E-state index contributed by atoms with van der Waals surface area (Å²) in [4.78, 5) is 23.8. The minimum atomic E-state index is -0.196. The first-order valence-corrected chi connectivity index (χ1v) is 9.18. The van der Waals surface area contributed by atoms with E-state index in [2.05, 4.69) is 19.9 Å². The third-order valence-corrected chi connectivity index (χ3v) is 4.55. The van der Waals surface area contributed by atoms with E-state index < -0.39 is 0 Å². The summed E-state index contributed by atoms with van der Waals surface area (Å²) in [6.07, 6.45) is 11.5. The fourth-order valence-corrected chi connectivity index (χ4v) is 2.87.